The minimum absolute atomic E-state index is 0. The molecule has 3 N–H and O–H groups in total. The average molecular weight is 515 g/mol. The van der Waals surface area contributed by atoms with Crippen LogP contribution in [0.3, 0.4) is 0 Å². The second kappa shape index (κ2) is 11.6. The number of fused-ring (bicyclic) bond motifs is 1. The number of ether oxygens (including phenoxy) is 1. The number of aliphatic imine (C=N–C) groups is 1. The maximum Gasteiger partial charge on any atom is 0.409 e. The molecule has 7 nitrogen and oxygen atoms in total. The Morgan fingerprint density at radius 2 is 1.97 bits per heavy atom. The number of carbonyl (C=O) groups excluding carboxylic acids is 1. The normalized spacial score (nSPS) is 19.1. The number of nitrogens with two attached hydrogens (primary N) is 1. The lowest BCUT2D eigenvalue weighted by atomic mass is 9.99. The third-order valence-electron chi connectivity index (χ3n) is 5.68. The number of hydrogen-bond donors (Lipinski definition) is 2. The van der Waals surface area contributed by atoms with Crippen molar-refractivity contribution in [2.75, 3.05) is 32.8 Å². The number of benzene rings is 1. The Hall–Kier alpha value is -1.55. The zero-order chi connectivity index (χ0) is 19.9. The average Bonchev–Trinajstić information content (AvgIpc) is 2.72. The fourth-order valence-electron chi connectivity index (χ4n) is 3.92. The molecule has 0 aromatic heterocycles. The number of carbonyl (C=O) groups is 1. The third kappa shape index (κ3) is 6.74. The van der Waals surface area contributed by atoms with Gasteiger partial charge in [-0.1, -0.05) is 24.3 Å². The van der Waals surface area contributed by atoms with E-state index in [-0.39, 0.29) is 36.1 Å². The number of hydrogen-bond acceptors (Lipinski definition) is 4. The summed E-state index contributed by atoms with van der Waals surface area (Å²) in [5.41, 5.74) is 9.00. The quantitative estimate of drug-likeness (QED) is 0.358. The highest BCUT2D eigenvalue weighted by Gasteiger charge is 2.24. The number of nitrogens with zero attached hydrogens (tertiary/aromatic N) is 3. The van der Waals surface area contributed by atoms with Gasteiger partial charge in [-0.3, -0.25) is 9.89 Å². The number of likely N-dealkylation sites (tertiary alicyclic amines) is 1. The Balaban J connectivity index is 0.00000300. The summed E-state index contributed by atoms with van der Waals surface area (Å²) >= 11 is 0. The van der Waals surface area contributed by atoms with Crippen molar-refractivity contribution in [1.29, 1.82) is 0 Å². The molecule has 162 valence electrons. The Bertz CT molecular complexity index is 691. The molecule has 1 atom stereocenters. The van der Waals surface area contributed by atoms with E-state index in [0.717, 1.165) is 32.4 Å². The van der Waals surface area contributed by atoms with Crippen LogP contribution < -0.4 is 11.1 Å². The molecule has 1 aromatic carbocycles. The van der Waals surface area contributed by atoms with E-state index in [9.17, 15) is 4.79 Å². The van der Waals surface area contributed by atoms with Gasteiger partial charge in [-0.15, -0.1) is 24.0 Å². The summed E-state index contributed by atoms with van der Waals surface area (Å²) in [7, 11) is 0. The fourth-order valence-corrected chi connectivity index (χ4v) is 3.92. The molecular formula is C21H34IN5O2. The van der Waals surface area contributed by atoms with Crippen LogP contribution in [0.25, 0.3) is 0 Å². The van der Waals surface area contributed by atoms with Gasteiger partial charge in [-0.05, 0) is 44.2 Å². The molecular weight excluding hydrogens is 481 g/mol. The number of amides is 1. The highest BCUT2D eigenvalue weighted by molar-refractivity contribution is 14.0. The smallest absolute Gasteiger partial charge is 0.409 e. The predicted octanol–water partition coefficient (Wildman–Crippen LogP) is 2.58. The molecule has 1 unspecified atom stereocenters. The first-order chi connectivity index (χ1) is 13.6. The van der Waals surface area contributed by atoms with E-state index >= 15 is 0 Å². The van der Waals surface area contributed by atoms with Crippen molar-refractivity contribution in [2.24, 2.45) is 10.7 Å². The van der Waals surface area contributed by atoms with Gasteiger partial charge in [0.05, 0.1) is 13.2 Å². The summed E-state index contributed by atoms with van der Waals surface area (Å²) in [5, 5.41) is 3.31. The Morgan fingerprint density at radius 3 is 2.66 bits per heavy atom. The van der Waals surface area contributed by atoms with Crippen LogP contribution >= 0.6 is 24.0 Å². The van der Waals surface area contributed by atoms with Crippen molar-refractivity contribution in [3.63, 3.8) is 0 Å². The summed E-state index contributed by atoms with van der Waals surface area (Å²) in [6, 6.07) is 9.28. The number of halogens is 1. The van der Waals surface area contributed by atoms with Crippen LogP contribution in [-0.4, -0.2) is 66.7 Å². The van der Waals surface area contributed by atoms with Crippen molar-refractivity contribution in [3.05, 3.63) is 35.4 Å². The molecule has 0 bridgehead atoms. The van der Waals surface area contributed by atoms with E-state index in [2.05, 4.69) is 46.4 Å². The SMILES string of the molecule is CCOC(=O)N1CCC(NC(N)=NCC(C)N2CCc3ccccc3C2)CC1.I. The van der Waals surface area contributed by atoms with E-state index in [1.54, 1.807) is 4.90 Å². The first kappa shape index (κ1) is 23.7. The predicted molar refractivity (Wildman–Crippen MR) is 127 cm³/mol. The van der Waals surface area contributed by atoms with Crippen LogP contribution in [0.4, 0.5) is 4.79 Å². The lowest BCUT2D eigenvalue weighted by molar-refractivity contribution is 0.0963. The monoisotopic (exact) mass is 515 g/mol. The van der Waals surface area contributed by atoms with Gasteiger partial charge in [-0.25, -0.2) is 4.79 Å². The standard InChI is InChI=1S/C21H33N5O2.HI/c1-3-28-21(27)25-12-9-19(10-13-25)24-20(22)23-14-16(2)26-11-8-17-6-4-5-7-18(17)15-26;/h4-7,16,19H,3,8-15H2,1-2H3,(H3,22,23,24);1H. The van der Waals surface area contributed by atoms with Crippen LogP contribution in [0.15, 0.2) is 29.3 Å². The highest BCUT2D eigenvalue weighted by Crippen LogP contribution is 2.20. The van der Waals surface area contributed by atoms with Crippen LogP contribution in [0.2, 0.25) is 0 Å². The Kier molecular flexibility index (Phi) is 9.48. The van der Waals surface area contributed by atoms with E-state index < -0.39 is 0 Å². The zero-order valence-corrected chi connectivity index (χ0v) is 19.8. The lowest BCUT2D eigenvalue weighted by Gasteiger charge is -2.33. The van der Waals surface area contributed by atoms with Gasteiger partial charge in [0.2, 0.25) is 0 Å². The van der Waals surface area contributed by atoms with E-state index in [1.165, 1.54) is 11.1 Å². The van der Waals surface area contributed by atoms with Crippen molar-refractivity contribution in [2.45, 2.75) is 51.7 Å². The van der Waals surface area contributed by atoms with Gasteiger partial charge < -0.3 is 20.7 Å². The summed E-state index contributed by atoms with van der Waals surface area (Å²) in [5.74, 6) is 0.499. The third-order valence-corrected chi connectivity index (χ3v) is 5.68. The van der Waals surface area contributed by atoms with Gasteiger partial charge >= 0.3 is 6.09 Å². The molecule has 0 radical (unpaired) electrons. The first-order valence-electron chi connectivity index (χ1n) is 10.4. The number of guanidine groups is 1. The van der Waals surface area contributed by atoms with Crippen molar-refractivity contribution in [1.82, 2.24) is 15.1 Å². The van der Waals surface area contributed by atoms with E-state index in [4.69, 9.17) is 10.5 Å². The second-order valence-corrected chi connectivity index (χ2v) is 7.67. The van der Waals surface area contributed by atoms with Crippen LogP contribution in [0, 0.1) is 0 Å². The summed E-state index contributed by atoms with van der Waals surface area (Å²) in [6.45, 7) is 8.55. The van der Waals surface area contributed by atoms with Crippen LogP contribution in [0.1, 0.15) is 37.8 Å². The van der Waals surface area contributed by atoms with Crippen molar-refractivity contribution in [3.8, 4) is 0 Å². The minimum atomic E-state index is -0.223. The van der Waals surface area contributed by atoms with E-state index in [0.29, 0.717) is 38.2 Å². The molecule has 2 aliphatic rings. The second-order valence-electron chi connectivity index (χ2n) is 7.67. The topological polar surface area (TPSA) is 83.2 Å². The molecule has 29 heavy (non-hydrogen) atoms. The maximum atomic E-state index is 11.8. The summed E-state index contributed by atoms with van der Waals surface area (Å²) in [4.78, 5) is 20.6. The van der Waals surface area contributed by atoms with Crippen molar-refractivity contribution < 1.29 is 9.53 Å². The molecule has 1 saturated heterocycles. The van der Waals surface area contributed by atoms with Gasteiger partial charge in [0.25, 0.3) is 0 Å². The molecule has 0 aliphatic carbocycles. The molecule has 1 amide bonds. The lowest BCUT2D eigenvalue weighted by Crippen LogP contribution is -2.49. The van der Waals surface area contributed by atoms with Gasteiger partial charge in [0.1, 0.15) is 0 Å². The van der Waals surface area contributed by atoms with Gasteiger partial charge in [-0.2, -0.15) is 0 Å². The molecule has 1 aromatic rings. The Labute approximate surface area is 191 Å². The molecule has 0 spiro atoms. The van der Waals surface area contributed by atoms with Crippen molar-refractivity contribution >= 4 is 36.0 Å². The maximum absolute atomic E-state index is 11.8. The summed E-state index contributed by atoms with van der Waals surface area (Å²) < 4.78 is 5.06. The van der Waals surface area contributed by atoms with Gasteiger partial charge in [0, 0.05) is 38.3 Å². The molecule has 1 fully saturated rings. The number of piperidine rings is 1. The number of nitrogens with one attached hydrogen (secondary N) is 1. The molecule has 2 heterocycles. The van der Waals surface area contributed by atoms with Crippen LogP contribution in [0.5, 0.6) is 0 Å². The Morgan fingerprint density at radius 1 is 1.28 bits per heavy atom. The summed E-state index contributed by atoms with van der Waals surface area (Å²) in [6.07, 6.45) is 2.58. The minimum Gasteiger partial charge on any atom is -0.450 e. The first-order valence-corrected chi connectivity index (χ1v) is 10.4. The molecule has 0 saturated carbocycles. The number of rotatable bonds is 5. The molecule has 2 aliphatic heterocycles. The van der Waals surface area contributed by atoms with Gasteiger partial charge in [0.15, 0.2) is 5.96 Å². The van der Waals surface area contributed by atoms with E-state index in [1.807, 2.05) is 6.92 Å². The zero-order valence-electron chi connectivity index (χ0n) is 17.5. The molecule has 3 rings (SSSR count). The molecule has 8 heteroatoms. The highest BCUT2D eigenvalue weighted by atomic mass is 127. The van der Waals surface area contributed by atoms with Crippen LogP contribution in [-0.2, 0) is 17.7 Å². The fraction of sp³-hybridized carbons (Fsp3) is 0.619. The largest absolute Gasteiger partial charge is 0.450 e.